The van der Waals surface area contributed by atoms with Crippen LogP contribution in [0.2, 0.25) is 0 Å². The molecule has 0 aromatic heterocycles. The molecule has 2 saturated heterocycles. The summed E-state index contributed by atoms with van der Waals surface area (Å²) in [5, 5.41) is 79.1. The number of nitrogens with one attached hydrogen (secondary N) is 1. The fraction of sp³-hybridized carbons (Fsp3) is 0.600. The Kier molecular flexibility index (Phi) is 12.7. The van der Waals surface area contributed by atoms with Gasteiger partial charge in [-0.2, -0.15) is 0 Å². The predicted octanol–water partition coefficient (Wildman–Crippen LogP) is 1.48. The van der Waals surface area contributed by atoms with E-state index in [9.17, 15) is 54.9 Å². The fourth-order valence-corrected chi connectivity index (χ4v) is 7.75. The fourth-order valence-electron chi connectivity index (χ4n) is 7.75. The molecule has 4 aliphatic heterocycles. The SMILES string of the molecule is CC1=CC=C[C@H](C)[C@H](O)[C@@H](C)[C@@H](O)[C@@H](C)[C@H](O)[C@H](C)[C@@H]2CC[C@](C)(OC(=O)c3c(O[C@@H]4O[C@@H](C)[C@H](O)[C@@H](O)[C@H]4O)c(C)c(O)c4c3C(=O)C=C(NC1=O)C4=O)O2. The lowest BCUT2D eigenvalue weighted by atomic mass is 9.78. The van der Waals surface area contributed by atoms with E-state index in [1.807, 2.05) is 0 Å². The lowest BCUT2D eigenvalue weighted by Gasteiger charge is -2.39. The summed E-state index contributed by atoms with van der Waals surface area (Å²) >= 11 is 0. The Morgan fingerprint density at radius 3 is 2.09 bits per heavy atom. The topological polar surface area (TPSA) is 259 Å². The van der Waals surface area contributed by atoms with E-state index in [0.29, 0.717) is 0 Å². The van der Waals surface area contributed by atoms with Gasteiger partial charge in [0.05, 0.1) is 47.3 Å². The lowest BCUT2D eigenvalue weighted by Crippen LogP contribution is -2.58. The first-order chi connectivity index (χ1) is 26.1. The number of rotatable bonds is 2. The summed E-state index contributed by atoms with van der Waals surface area (Å²) in [7, 11) is 0. The van der Waals surface area contributed by atoms with Gasteiger partial charge in [0.25, 0.3) is 5.91 Å². The van der Waals surface area contributed by atoms with E-state index in [0.717, 1.165) is 6.08 Å². The average Bonchev–Trinajstić information content (AvgIpc) is 3.54. The molecule has 8 N–H and O–H groups in total. The quantitative estimate of drug-likeness (QED) is 0.198. The van der Waals surface area contributed by atoms with Crippen molar-refractivity contribution in [1.82, 2.24) is 5.32 Å². The van der Waals surface area contributed by atoms with E-state index in [1.54, 1.807) is 33.8 Å². The number of phenolic OH excluding ortho intramolecular Hbond substituents is 1. The predicted molar refractivity (Wildman–Crippen MR) is 196 cm³/mol. The molecular formula is C40H53NO15. The Morgan fingerprint density at radius 2 is 1.43 bits per heavy atom. The first-order valence-electron chi connectivity index (χ1n) is 18.8. The van der Waals surface area contributed by atoms with Gasteiger partial charge in [0.1, 0.15) is 35.4 Å². The number of Topliss-reactive ketones (excluding diaryl/α,β-unsaturated/α-hetero) is 1. The third kappa shape index (κ3) is 8.07. The highest BCUT2D eigenvalue weighted by Gasteiger charge is 2.48. The van der Waals surface area contributed by atoms with Crippen LogP contribution >= 0.6 is 0 Å². The molecule has 6 bridgehead atoms. The van der Waals surface area contributed by atoms with Crippen molar-refractivity contribution in [2.45, 2.75) is 129 Å². The van der Waals surface area contributed by atoms with Gasteiger partial charge in [-0.1, -0.05) is 45.9 Å². The maximum Gasteiger partial charge on any atom is 0.345 e. The van der Waals surface area contributed by atoms with E-state index in [4.69, 9.17) is 18.9 Å². The van der Waals surface area contributed by atoms with Gasteiger partial charge in [-0.05, 0) is 27.2 Å². The molecule has 1 aliphatic carbocycles. The van der Waals surface area contributed by atoms with E-state index in [2.05, 4.69) is 5.32 Å². The second kappa shape index (κ2) is 16.5. The number of benzene rings is 1. The molecule has 4 heterocycles. The summed E-state index contributed by atoms with van der Waals surface area (Å²) < 4.78 is 23.6. The van der Waals surface area contributed by atoms with Crippen molar-refractivity contribution in [3.63, 3.8) is 0 Å². The van der Waals surface area contributed by atoms with Gasteiger partial charge in [-0.3, -0.25) is 14.4 Å². The Bertz CT molecular complexity index is 1840. The first-order valence-corrected chi connectivity index (χ1v) is 18.8. The van der Waals surface area contributed by atoms with Crippen LogP contribution < -0.4 is 10.1 Å². The Hall–Kier alpha value is -4.00. The summed E-state index contributed by atoms with van der Waals surface area (Å²) in [6.07, 6.45) is -6.24. The molecule has 16 heteroatoms. The van der Waals surface area contributed by atoms with Crippen molar-refractivity contribution in [1.29, 1.82) is 0 Å². The van der Waals surface area contributed by atoms with Crippen molar-refractivity contribution in [3.05, 3.63) is 57.8 Å². The molecule has 1 aromatic rings. The van der Waals surface area contributed by atoms with Crippen LogP contribution in [0.5, 0.6) is 11.5 Å². The van der Waals surface area contributed by atoms with Gasteiger partial charge in [0, 0.05) is 54.2 Å². The minimum absolute atomic E-state index is 0.0939. The molecule has 14 atom stereocenters. The van der Waals surface area contributed by atoms with Crippen LogP contribution in [-0.2, 0) is 19.0 Å². The number of aromatic hydroxyl groups is 1. The summed E-state index contributed by atoms with van der Waals surface area (Å²) in [6.45, 7) is 12.3. The highest BCUT2D eigenvalue weighted by atomic mass is 16.7. The molecule has 6 rings (SSSR count). The number of carbonyl (C=O) groups is 4. The van der Waals surface area contributed by atoms with Crippen molar-refractivity contribution in [3.8, 4) is 11.5 Å². The highest BCUT2D eigenvalue weighted by molar-refractivity contribution is 6.29. The minimum atomic E-state index is -1.88. The number of phenols is 1. The number of amides is 1. The molecule has 16 nitrogen and oxygen atoms in total. The number of allylic oxidation sites excluding steroid dienone is 4. The van der Waals surface area contributed by atoms with Crippen molar-refractivity contribution in [2.75, 3.05) is 0 Å². The molecule has 56 heavy (non-hydrogen) atoms. The Morgan fingerprint density at radius 1 is 0.804 bits per heavy atom. The van der Waals surface area contributed by atoms with Crippen LogP contribution in [0.3, 0.4) is 0 Å². The summed E-state index contributed by atoms with van der Waals surface area (Å²) in [4.78, 5) is 55.6. The zero-order valence-electron chi connectivity index (χ0n) is 32.6. The third-order valence-corrected chi connectivity index (χ3v) is 11.7. The largest absolute Gasteiger partial charge is 0.507 e. The second-order valence-electron chi connectivity index (χ2n) is 15.8. The molecule has 308 valence electrons. The molecule has 0 saturated carbocycles. The first kappa shape index (κ1) is 43.1. The molecule has 1 aromatic carbocycles. The Balaban J connectivity index is 1.63. The lowest BCUT2D eigenvalue weighted by molar-refractivity contribution is -0.268. The van der Waals surface area contributed by atoms with E-state index in [1.165, 1.54) is 39.8 Å². The molecule has 0 unspecified atom stereocenters. The smallest absolute Gasteiger partial charge is 0.345 e. The number of hydrogen-bond acceptors (Lipinski definition) is 15. The number of esters is 1. The number of carbonyl (C=O) groups excluding carboxylic acids is 4. The molecule has 0 spiro atoms. The van der Waals surface area contributed by atoms with Gasteiger partial charge in [0.2, 0.25) is 17.9 Å². The van der Waals surface area contributed by atoms with Crippen molar-refractivity contribution < 1.29 is 73.9 Å². The molecular weight excluding hydrogens is 734 g/mol. The zero-order chi connectivity index (χ0) is 41.7. The number of aliphatic hydroxyl groups excluding tert-OH is 6. The summed E-state index contributed by atoms with van der Waals surface area (Å²) in [5.74, 6) is -9.61. The number of fused-ring (bicyclic) bond motifs is 12. The van der Waals surface area contributed by atoms with Gasteiger partial charge < -0.3 is 60.0 Å². The standard InChI is InChI=1S/C40H53NO15/c1-15-10-9-11-16(2)37(51)41-22-14-23(42)25-26(33(22)48)31(46)20(6)36(54-39-35(50)34(49)32(47)21(7)53-39)27(25)38(52)56-40(8)13-12-24(55-40)17(3)29(44)19(5)30(45)18(4)28(15)43/h9-11,14-15,17-19,21,24,28-30,32,34-35,39,43-47,49-50H,12-13H2,1-8H3,(H,41,51)/t15-,17+,18+,19-,21-,24-,28-,29+,30+,32-,34+,35+,39-,40-/m0/s1. The second-order valence-corrected chi connectivity index (χ2v) is 15.8. The van der Waals surface area contributed by atoms with Crippen LogP contribution in [0.1, 0.15) is 97.9 Å². The van der Waals surface area contributed by atoms with Crippen LogP contribution in [-0.4, -0.2) is 120 Å². The highest BCUT2D eigenvalue weighted by Crippen LogP contribution is 2.45. The minimum Gasteiger partial charge on any atom is -0.507 e. The average molecular weight is 788 g/mol. The molecule has 1 amide bonds. The van der Waals surface area contributed by atoms with Gasteiger partial charge in [-0.15, -0.1) is 0 Å². The number of ketones is 2. The van der Waals surface area contributed by atoms with Crippen LogP contribution in [0.4, 0.5) is 0 Å². The maximum atomic E-state index is 14.4. The monoisotopic (exact) mass is 787 g/mol. The van der Waals surface area contributed by atoms with Gasteiger partial charge in [0.15, 0.2) is 5.78 Å². The third-order valence-electron chi connectivity index (χ3n) is 11.7. The maximum absolute atomic E-state index is 14.4. The molecule has 2 fully saturated rings. The number of hydrogen-bond donors (Lipinski definition) is 8. The zero-order valence-corrected chi connectivity index (χ0v) is 32.6. The van der Waals surface area contributed by atoms with Crippen molar-refractivity contribution in [2.24, 2.45) is 23.7 Å². The van der Waals surface area contributed by atoms with E-state index < -0.39 is 142 Å². The van der Waals surface area contributed by atoms with E-state index >= 15 is 0 Å². The van der Waals surface area contributed by atoms with E-state index in [-0.39, 0.29) is 24.0 Å². The normalized spacial score (nSPS) is 38.8. The van der Waals surface area contributed by atoms with Crippen LogP contribution in [0.25, 0.3) is 0 Å². The number of ether oxygens (including phenoxy) is 4. The molecule has 5 aliphatic rings. The summed E-state index contributed by atoms with van der Waals surface area (Å²) in [6, 6.07) is 0. The van der Waals surface area contributed by atoms with Crippen LogP contribution in [0, 0.1) is 30.6 Å². The van der Waals surface area contributed by atoms with Crippen LogP contribution in [0.15, 0.2) is 35.6 Å². The van der Waals surface area contributed by atoms with Crippen molar-refractivity contribution >= 4 is 23.4 Å². The summed E-state index contributed by atoms with van der Waals surface area (Å²) in [5.41, 5.74) is -2.63. The van der Waals surface area contributed by atoms with Gasteiger partial charge >= 0.3 is 5.97 Å². The van der Waals surface area contributed by atoms with Gasteiger partial charge in [-0.25, -0.2) is 4.79 Å². The Labute approximate surface area is 324 Å². The number of aliphatic hydroxyl groups is 6. The molecule has 0 radical (unpaired) electrons.